The van der Waals surface area contributed by atoms with E-state index in [1.807, 2.05) is 16.8 Å². The Morgan fingerprint density at radius 1 is 1.10 bits per heavy atom. The summed E-state index contributed by atoms with van der Waals surface area (Å²) in [5.41, 5.74) is 0.810. The predicted octanol–water partition coefficient (Wildman–Crippen LogP) is 0.803. The lowest BCUT2D eigenvalue weighted by Gasteiger charge is -2.36. The number of hydrogen-bond acceptors (Lipinski definition) is 6. The number of aryl methyl sites for hydroxylation is 1. The first kappa shape index (κ1) is 18.3. The SMILES string of the molecule is Cn1ncc2c(N3CCN(C(=O)[C@H]4CC(=O)N(C5CCCC5)C4)CC3)ncnc21. The normalized spacial score (nSPS) is 23.6. The molecule has 4 heterocycles. The predicted molar refractivity (Wildman–Crippen MR) is 107 cm³/mol. The van der Waals surface area contributed by atoms with Crippen LogP contribution in [0.2, 0.25) is 0 Å². The van der Waals surface area contributed by atoms with Crippen molar-refractivity contribution in [1.29, 1.82) is 0 Å². The molecule has 0 N–H and O–H groups in total. The fourth-order valence-electron chi connectivity index (χ4n) is 5.06. The van der Waals surface area contributed by atoms with Crippen molar-refractivity contribution < 1.29 is 9.59 Å². The van der Waals surface area contributed by atoms with E-state index in [0.29, 0.717) is 32.1 Å². The summed E-state index contributed by atoms with van der Waals surface area (Å²) in [7, 11) is 1.87. The number of likely N-dealkylation sites (tertiary alicyclic amines) is 1. The second kappa shape index (κ2) is 7.27. The number of rotatable bonds is 3. The summed E-state index contributed by atoms with van der Waals surface area (Å²) in [6, 6.07) is 0.358. The molecular formula is C20H27N7O2. The Bertz CT molecular complexity index is 928. The molecule has 2 aliphatic heterocycles. The molecule has 3 aliphatic rings. The first-order valence-corrected chi connectivity index (χ1v) is 10.6. The third-order valence-electron chi connectivity index (χ3n) is 6.67. The molecule has 0 bridgehead atoms. The van der Waals surface area contributed by atoms with Crippen LogP contribution >= 0.6 is 0 Å². The quantitative estimate of drug-likeness (QED) is 0.762. The van der Waals surface area contributed by atoms with Gasteiger partial charge in [0.1, 0.15) is 12.1 Å². The molecule has 2 aromatic rings. The van der Waals surface area contributed by atoms with Crippen LogP contribution in [0.4, 0.5) is 5.82 Å². The molecular weight excluding hydrogens is 370 g/mol. The van der Waals surface area contributed by atoms with Gasteiger partial charge in [-0.1, -0.05) is 12.8 Å². The third kappa shape index (κ3) is 3.22. The summed E-state index contributed by atoms with van der Waals surface area (Å²) in [6.07, 6.45) is 8.31. The maximum atomic E-state index is 13.1. The standard InChI is InChI=1S/C20H27N7O2/c1-24-18-16(11-23-24)19(22-13-21-18)25-6-8-26(9-7-25)20(29)14-10-17(28)27(12-14)15-4-2-3-5-15/h11,13-15H,2-10,12H2,1H3/t14-/m0/s1. The Balaban J connectivity index is 1.22. The van der Waals surface area contributed by atoms with E-state index in [1.165, 1.54) is 12.8 Å². The Morgan fingerprint density at radius 3 is 2.62 bits per heavy atom. The number of nitrogens with zero attached hydrogens (tertiary/aromatic N) is 7. The van der Waals surface area contributed by atoms with E-state index in [2.05, 4.69) is 20.0 Å². The van der Waals surface area contributed by atoms with Crippen LogP contribution in [0.3, 0.4) is 0 Å². The Labute approximate surface area is 169 Å². The van der Waals surface area contributed by atoms with Gasteiger partial charge >= 0.3 is 0 Å². The van der Waals surface area contributed by atoms with Gasteiger partial charge in [0.05, 0.1) is 17.5 Å². The number of carbonyl (C=O) groups is 2. The van der Waals surface area contributed by atoms with Crippen molar-refractivity contribution in [3.8, 4) is 0 Å². The summed E-state index contributed by atoms with van der Waals surface area (Å²) >= 11 is 0. The van der Waals surface area contributed by atoms with Crippen LogP contribution < -0.4 is 4.90 Å². The van der Waals surface area contributed by atoms with Gasteiger partial charge in [-0.3, -0.25) is 14.3 Å². The molecule has 0 spiro atoms. The van der Waals surface area contributed by atoms with Crippen LogP contribution in [0.25, 0.3) is 11.0 Å². The molecule has 5 rings (SSSR count). The van der Waals surface area contributed by atoms with Crippen LogP contribution in [0.1, 0.15) is 32.1 Å². The Morgan fingerprint density at radius 2 is 1.86 bits per heavy atom. The van der Waals surface area contributed by atoms with Gasteiger partial charge in [-0.25, -0.2) is 9.97 Å². The second-order valence-electron chi connectivity index (χ2n) is 8.40. The summed E-state index contributed by atoms with van der Waals surface area (Å²) in [4.78, 5) is 40.4. The minimum absolute atomic E-state index is 0.132. The molecule has 0 unspecified atom stereocenters. The van der Waals surface area contributed by atoms with Crippen molar-refractivity contribution in [2.75, 3.05) is 37.6 Å². The van der Waals surface area contributed by atoms with Gasteiger partial charge in [-0.05, 0) is 12.8 Å². The number of amides is 2. The first-order valence-electron chi connectivity index (χ1n) is 10.6. The van der Waals surface area contributed by atoms with Crippen LogP contribution in [0, 0.1) is 5.92 Å². The maximum Gasteiger partial charge on any atom is 0.228 e. The first-order chi connectivity index (χ1) is 14.1. The summed E-state index contributed by atoms with van der Waals surface area (Å²) < 4.78 is 1.74. The van der Waals surface area contributed by atoms with E-state index >= 15 is 0 Å². The highest BCUT2D eigenvalue weighted by molar-refractivity contribution is 5.90. The van der Waals surface area contributed by atoms with Gasteiger partial charge in [-0.2, -0.15) is 5.10 Å². The van der Waals surface area contributed by atoms with Gasteiger partial charge in [0, 0.05) is 52.2 Å². The number of carbonyl (C=O) groups excluding carboxylic acids is 2. The summed E-state index contributed by atoms with van der Waals surface area (Å²) in [5, 5.41) is 5.21. The molecule has 9 nitrogen and oxygen atoms in total. The fourth-order valence-corrected chi connectivity index (χ4v) is 5.06. The van der Waals surface area contributed by atoms with Crippen molar-refractivity contribution >= 4 is 28.7 Å². The minimum atomic E-state index is -0.182. The molecule has 2 amide bonds. The molecule has 29 heavy (non-hydrogen) atoms. The highest BCUT2D eigenvalue weighted by Gasteiger charge is 2.40. The van der Waals surface area contributed by atoms with Crippen molar-refractivity contribution in [2.24, 2.45) is 13.0 Å². The topological polar surface area (TPSA) is 87.5 Å². The maximum absolute atomic E-state index is 13.1. The zero-order valence-electron chi connectivity index (χ0n) is 16.8. The average Bonchev–Trinajstić information content (AvgIpc) is 3.48. The average molecular weight is 397 g/mol. The molecule has 3 fully saturated rings. The van der Waals surface area contributed by atoms with E-state index in [1.54, 1.807) is 17.2 Å². The van der Waals surface area contributed by atoms with Crippen LogP contribution in [0.5, 0.6) is 0 Å². The van der Waals surface area contributed by atoms with Gasteiger partial charge < -0.3 is 14.7 Å². The van der Waals surface area contributed by atoms with E-state index in [9.17, 15) is 9.59 Å². The largest absolute Gasteiger partial charge is 0.352 e. The number of fused-ring (bicyclic) bond motifs is 1. The van der Waals surface area contributed by atoms with Crippen molar-refractivity contribution in [1.82, 2.24) is 29.5 Å². The van der Waals surface area contributed by atoms with Gasteiger partial charge in [-0.15, -0.1) is 0 Å². The van der Waals surface area contributed by atoms with Gasteiger partial charge in [0.2, 0.25) is 11.8 Å². The lowest BCUT2D eigenvalue weighted by atomic mass is 10.1. The zero-order chi connectivity index (χ0) is 20.0. The smallest absolute Gasteiger partial charge is 0.228 e. The molecule has 0 radical (unpaired) electrons. The van der Waals surface area contributed by atoms with E-state index in [4.69, 9.17) is 0 Å². The minimum Gasteiger partial charge on any atom is -0.352 e. The molecule has 1 aliphatic carbocycles. The number of hydrogen-bond donors (Lipinski definition) is 0. The molecule has 2 saturated heterocycles. The Kier molecular flexibility index (Phi) is 4.60. The summed E-state index contributed by atoms with van der Waals surface area (Å²) in [6.45, 7) is 3.35. The highest BCUT2D eigenvalue weighted by Crippen LogP contribution is 2.30. The fraction of sp³-hybridized carbons (Fsp3) is 0.650. The number of aromatic nitrogens is 4. The molecule has 1 saturated carbocycles. The number of piperazine rings is 1. The van der Waals surface area contributed by atoms with Crippen LogP contribution in [-0.2, 0) is 16.6 Å². The van der Waals surface area contributed by atoms with Gasteiger partial charge in [0.15, 0.2) is 5.65 Å². The molecule has 154 valence electrons. The van der Waals surface area contributed by atoms with Crippen molar-refractivity contribution in [2.45, 2.75) is 38.1 Å². The Hall–Kier alpha value is -2.71. The summed E-state index contributed by atoms with van der Waals surface area (Å²) in [5.74, 6) is 0.985. The van der Waals surface area contributed by atoms with E-state index < -0.39 is 0 Å². The van der Waals surface area contributed by atoms with Crippen LogP contribution in [0.15, 0.2) is 12.5 Å². The monoisotopic (exact) mass is 397 g/mol. The number of anilines is 1. The van der Waals surface area contributed by atoms with Gasteiger partial charge in [0.25, 0.3) is 0 Å². The molecule has 9 heteroatoms. The van der Waals surface area contributed by atoms with E-state index in [-0.39, 0.29) is 17.7 Å². The zero-order valence-corrected chi connectivity index (χ0v) is 16.8. The van der Waals surface area contributed by atoms with Crippen molar-refractivity contribution in [3.05, 3.63) is 12.5 Å². The third-order valence-corrected chi connectivity index (χ3v) is 6.67. The van der Waals surface area contributed by atoms with Crippen molar-refractivity contribution in [3.63, 3.8) is 0 Å². The lowest BCUT2D eigenvalue weighted by Crippen LogP contribution is -2.51. The van der Waals surface area contributed by atoms with Crippen LogP contribution in [-0.4, -0.2) is 80.1 Å². The lowest BCUT2D eigenvalue weighted by molar-refractivity contribution is -0.136. The second-order valence-corrected chi connectivity index (χ2v) is 8.40. The molecule has 0 aromatic carbocycles. The molecule has 2 aromatic heterocycles. The molecule has 1 atom stereocenters. The van der Waals surface area contributed by atoms with E-state index in [0.717, 1.165) is 42.8 Å². The highest BCUT2D eigenvalue weighted by atomic mass is 16.2.